The van der Waals surface area contributed by atoms with Crippen LogP contribution in [0.2, 0.25) is 0 Å². The standard InChI is InChI=1S/C20H25N5O3/c1-14(2)22-18-9-8-17(23-24-18)15-4-6-16(7-5-15)19(26)21-10-12-25-11-3-13-28-20(25)27/h4-9,14H,3,10-13H2,1-2H3,(H,21,26)(H,22,24). The van der Waals surface area contributed by atoms with Crippen molar-refractivity contribution in [3.63, 3.8) is 0 Å². The lowest BCUT2D eigenvalue weighted by molar-refractivity contribution is 0.0719. The molecule has 0 atom stereocenters. The van der Waals surface area contributed by atoms with Crippen LogP contribution in [0.5, 0.6) is 0 Å². The first kappa shape index (κ1) is 19.6. The third kappa shape index (κ3) is 5.18. The van der Waals surface area contributed by atoms with Crippen LogP contribution in [0.1, 0.15) is 30.6 Å². The Labute approximate surface area is 164 Å². The molecule has 1 aromatic heterocycles. The second kappa shape index (κ2) is 9.16. The van der Waals surface area contributed by atoms with Gasteiger partial charge in [-0.3, -0.25) is 4.79 Å². The van der Waals surface area contributed by atoms with Crippen molar-refractivity contribution < 1.29 is 14.3 Å². The minimum atomic E-state index is -0.319. The molecule has 1 fully saturated rings. The largest absolute Gasteiger partial charge is 0.449 e. The van der Waals surface area contributed by atoms with Crippen LogP contribution in [0, 0.1) is 0 Å². The fourth-order valence-corrected chi connectivity index (χ4v) is 2.86. The lowest BCUT2D eigenvalue weighted by atomic mass is 10.1. The maximum absolute atomic E-state index is 12.3. The maximum atomic E-state index is 12.3. The van der Waals surface area contributed by atoms with Crippen LogP contribution in [0.25, 0.3) is 11.3 Å². The zero-order valence-corrected chi connectivity index (χ0v) is 16.1. The van der Waals surface area contributed by atoms with Crippen molar-refractivity contribution in [3.05, 3.63) is 42.0 Å². The van der Waals surface area contributed by atoms with Crippen LogP contribution in [0.15, 0.2) is 36.4 Å². The lowest BCUT2D eigenvalue weighted by Crippen LogP contribution is -2.42. The summed E-state index contributed by atoms with van der Waals surface area (Å²) < 4.78 is 4.97. The molecule has 28 heavy (non-hydrogen) atoms. The maximum Gasteiger partial charge on any atom is 0.409 e. The summed E-state index contributed by atoms with van der Waals surface area (Å²) in [6.07, 6.45) is 0.499. The highest BCUT2D eigenvalue weighted by atomic mass is 16.6. The van der Waals surface area contributed by atoms with E-state index in [2.05, 4.69) is 20.8 Å². The molecule has 0 saturated carbocycles. The molecular weight excluding hydrogens is 358 g/mol. The number of hydrogen-bond donors (Lipinski definition) is 2. The number of nitrogens with one attached hydrogen (secondary N) is 2. The zero-order chi connectivity index (χ0) is 19.9. The molecule has 2 N–H and O–H groups in total. The van der Waals surface area contributed by atoms with Gasteiger partial charge in [-0.25, -0.2) is 4.79 Å². The van der Waals surface area contributed by atoms with E-state index in [9.17, 15) is 9.59 Å². The van der Waals surface area contributed by atoms with Crippen LogP contribution in [-0.4, -0.2) is 59.4 Å². The molecule has 0 spiro atoms. The van der Waals surface area contributed by atoms with Crippen LogP contribution in [0.4, 0.5) is 10.6 Å². The van der Waals surface area contributed by atoms with Crippen molar-refractivity contribution in [2.75, 3.05) is 31.6 Å². The van der Waals surface area contributed by atoms with Gasteiger partial charge in [-0.1, -0.05) is 12.1 Å². The average Bonchev–Trinajstić information content (AvgIpc) is 2.70. The van der Waals surface area contributed by atoms with Crippen molar-refractivity contribution in [2.45, 2.75) is 26.3 Å². The second-order valence-electron chi connectivity index (χ2n) is 6.89. The molecule has 1 aliphatic heterocycles. The number of amides is 2. The molecule has 0 aliphatic carbocycles. The Bertz CT molecular complexity index is 806. The van der Waals surface area contributed by atoms with Gasteiger partial charge in [0.25, 0.3) is 5.91 Å². The minimum Gasteiger partial charge on any atom is -0.449 e. The van der Waals surface area contributed by atoms with E-state index in [-0.39, 0.29) is 12.0 Å². The summed E-state index contributed by atoms with van der Waals surface area (Å²) in [7, 11) is 0. The molecule has 0 bridgehead atoms. The Hall–Kier alpha value is -3.16. The first-order valence-electron chi connectivity index (χ1n) is 9.43. The number of carbonyl (C=O) groups excluding carboxylic acids is 2. The zero-order valence-electron chi connectivity index (χ0n) is 16.1. The van der Waals surface area contributed by atoms with Gasteiger partial charge in [-0.15, -0.1) is 10.2 Å². The van der Waals surface area contributed by atoms with E-state index >= 15 is 0 Å². The molecule has 1 aliphatic rings. The number of ether oxygens (including phenoxy) is 1. The Balaban J connectivity index is 1.53. The smallest absolute Gasteiger partial charge is 0.409 e. The third-order valence-electron chi connectivity index (χ3n) is 4.27. The van der Waals surface area contributed by atoms with Crippen LogP contribution >= 0.6 is 0 Å². The molecule has 2 amide bonds. The van der Waals surface area contributed by atoms with E-state index in [1.54, 1.807) is 17.0 Å². The highest BCUT2D eigenvalue weighted by Gasteiger charge is 2.19. The second-order valence-corrected chi connectivity index (χ2v) is 6.89. The third-order valence-corrected chi connectivity index (χ3v) is 4.27. The number of benzene rings is 1. The number of aromatic nitrogens is 2. The average molecular weight is 383 g/mol. The van der Waals surface area contributed by atoms with Crippen molar-refractivity contribution >= 4 is 17.8 Å². The summed E-state index contributed by atoms with van der Waals surface area (Å²) in [4.78, 5) is 25.4. The van der Waals surface area contributed by atoms with E-state index < -0.39 is 0 Å². The normalized spacial score (nSPS) is 14.0. The Morgan fingerprint density at radius 2 is 1.96 bits per heavy atom. The highest BCUT2D eigenvalue weighted by Crippen LogP contribution is 2.18. The summed E-state index contributed by atoms with van der Waals surface area (Å²) in [6, 6.07) is 11.3. The predicted octanol–water partition coefficient (Wildman–Crippen LogP) is 2.54. The molecule has 8 nitrogen and oxygen atoms in total. The molecular formula is C20H25N5O3. The van der Waals surface area contributed by atoms with Crippen LogP contribution < -0.4 is 10.6 Å². The molecule has 3 rings (SSSR count). The predicted molar refractivity (Wildman–Crippen MR) is 106 cm³/mol. The SMILES string of the molecule is CC(C)Nc1ccc(-c2ccc(C(=O)NCCN3CCCOC3=O)cc2)nn1. The molecule has 1 saturated heterocycles. The van der Waals surface area contributed by atoms with Gasteiger partial charge in [-0.05, 0) is 44.5 Å². The minimum absolute atomic E-state index is 0.181. The molecule has 148 valence electrons. The molecule has 1 aromatic carbocycles. The van der Waals surface area contributed by atoms with E-state index in [4.69, 9.17) is 4.74 Å². The molecule has 2 aromatic rings. The Morgan fingerprint density at radius 1 is 1.18 bits per heavy atom. The Morgan fingerprint density at radius 3 is 2.61 bits per heavy atom. The van der Waals surface area contributed by atoms with Gasteiger partial charge in [0, 0.05) is 36.8 Å². The summed E-state index contributed by atoms with van der Waals surface area (Å²) in [5, 5.41) is 14.4. The summed E-state index contributed by atoms with van der Waals surface area (Å²) >= 11 is 0. The molecule has 0 unspecified atom stereocenters. The van der Waals surface area contributed by atoms with Crippen LogP contribution in [-0.2, 0) is 4.74 Å². The number of rotatable bonds is 7. The van der Waals surface area contributed by atoms with Crippen molar-refractivity contribution in [1.82, 2.24) is 20.4 Å². The molecule has 8 heteroatoms. The van der Waals surface area contributed by atoms with E-state index in [0.29, 0.717) is 37.8 Å². The van der Waals surface area contributed by atoms with Gasteiger partial charge < -0.3 is 20.3 Å². The van der Waals surface area contributed by atoms with Gasteiger partial charge >= 0.3 is 6.09 Å². The topological polar surface area (TPSA) is 96.5 Å². The van der Waals surface area contributed by atoms with Gasteiger partial charge in [0.15, 0.2) is 0 Å². The van der Waals surface area contributed by atoms with E-state index in [0.717, 1.165) is 23.5 Å². The first-order chi connectivity index (χ1) is 13.5. The fraction of sp³-hybridized carbons (Fsp3) is 0.400. The monoisotopic (exact) mass is 383 g/mol. The fourth-order valence-electron chi connectivity index (χ4n) is 2.86. The van der Waals surface area contributed by atoms with Gasteiger partial charge in [-0.2, -0.15) is 0 Å². The van der Waals surface area contributed by atoms with Crippen molar-refractivity contribution in [1.29, 1.82) is 0 Å². The van der Waals surface area contributed by atoms with Gasteiger partial charge in [0.2, 0.25) is 0 Å². The lowest BCUT2D eigenvalue weighted by Gasteiger charge is -2.26. The quantitative estimate of drug-likeness (QED) is 0.763. The van der Waals surface area contributed by atoms with Crippen molar-refractivity contribution in [3.8, 4) is 11.3 Å². The van der Waals surface area contributed by atoms with Crippen molar-refractivity contribution in [2.24, 2.45) is 0 Å². The number of anilines is 1. The Kier molecular flexibility index (Phi) is 6.41. The first-order valence-corrected chi connectivity index (χ1v) is 9.43. The molecule has 0 radical (unpaired) electrons. The van der Waals surface area contributed by atoms with Gasteiger partial charge in [0.05, 0.1) is 12.3 Å². The highest BCUT2D eigenvalue weighted by molar-refractivity contribution is 5.94. The van der Waals surface area contributed by atoms with E-state index in [1.807, 2.05) is 38.1 Å². The van der Waals surface area contributed by atoms with Gasteiger partial charge in [0.1, 0.15) is 5.82 Å². The number of carbonyl (C=O) groups is 2. The number of nitrogens with zero attached hydrogens (tertiary/aromatic N) is 3. The molecule has 2 heterocycles. The van der Waals surface area contributed by atoms with E-state index in [1.165, 1.54) is 0 Å². The summed E-state index contributed by atoms with van der Waals surface area (Å²) in [6.45, 7) is 6.03. The number of cyclic esters (lactones) is 1. The summed E-state index contributed by atoms with van der Waals surface area (Å²) in [5.74, 6) is 0.548. The van der Waals surface area contributed by atoms with Crippen LogP contribution in [0.3, 0.4) is 0 Å². The number of hydrogen-bond acceptors (Lipinski definition) is 6. The summed E-state index contributed by atoms with van der Waals surface area (Å²) in [5.41, 5.74) is 2.18.